The summed E-state index contributed by atoms with van der Waals surface area (Å²) in [4.78, 5) is 21.5. The molecule has 1 amide bonds. The summed E-state index contributed by atoms with van der Waals surface area (Å²) in [6, 6.07) is 13.7. The molecule has 7 heteroatoms. The van der Waals surface area contributed by atoms with Gasteiger partial charge in [-0.1, -0.05) is 30.3 Å². The van der Waals surface area contributed by atoms with Crippen molar-refractivity contribution in [3.63, 3.8) is 0 Å². The zero-order valence-corrected chi connectivity index (χ0v) is 15.3. The van der Waals surface area contributed by atoms with Gasteiger partial charge in [0.1, 0.15) is 5.82 Å². The Bertz CT molecular complexity index is 1150. The maximum absolute atomic E-state index is 12.7. The smallest absolute Gasteiger partial charge is 0.295 e. The number of anilines is 1. The summed E-state index contributed by atoms with van der Waals surface area (Å²) in [7, 11) is 0. The molecule has 3 aromatic heterocycles. The van der Waals surface area contributed by atoms with E-state index in [1.165, 1.54) is 0 Å². The van der Waals surface area contributed by atoms with E-state index < -0.39 is 0 Å². The third kappa shape index (κ3) is 3.15. The van der Waals surface area contributed by atoms with Gasteiger partial charge >= 0.3 is 0 Å². The average molecular weight is 358 g/mol. The van der Waals surface area contributed by atoms with Crippen LogP contribution in [0.25, 0.3) is 16.9 Å². The van der Waals surface area contributed by atoms with Crippen LogP contribution in [0.5, 0.6) is 0 Å². The van der Waals surface area contributed by atoms with Gasteiger partial charge in [0.25, 0.3) is 11.7 Å². The molecule has 0 aliphatic carbocycles. The van der Waals surface area contributed by atoms with E-state index in [0.29, 0.717) is 11.6 Å². The Morgan fingerprint density at radius 1 is 1.00 bits per heavy atom. The lowest BCUT2D eigenvalue weighted by Crippen LogP contribution is -2.17. The topological polar surface area (TPSA) is 85.1 Å². The molecule has 0 aliphatic rings. The number of amides is 1. The highest BCUT2D eigenvalue weighted by Crippen LogP contribution is 2.27. The number of nitrogens with zero attached hydrogens (tertiary/aromatic N) is 5. The highest BCUT2D eigenvalue weighted by atomic mass is 16.2. The van der Waals surface area contributed by atoms with Crippen LogP contribution in [0, 0.1) is 20.8 Å². The second kappa shape index (κ2) is 6.60. The molecule has 27 heavy (non-hydrogen) atoms. The highest BCUT2D eigenvalue weighted by molar-refractivity contribution is 6.01. The number of carbonyl (C=O) groups excluding carboxylic acids is 1. The van der Waals surface area contributed by atoms with Crippen LogP contribution < -0.4 is 5.32 Å². The number of pyridine rings is 1. The van der Waals surface area contributed by atoms with Crippen molar-refractivity contribution in [1.29, 1.82) is 0 Å². The van der Waals surface area contributed by atoms with Gasteiger partial charge in [0.05, 0.1) is 0 Å². The molecule has 0 bridgehead atoms. The first kappa shape index (κ1) is 16.8. The van der Waals surface area contributed by atoms with Gasteiger partial charge in [0, 0.05) is 17.6 Å². The Kier molecular flexibility index (Phi) is 4.12. The fourth-order valence-corrected chi connectivity index (χ4v) is 2.92. The van der Waals surface area contributed by atoms with Crippen molar-refractivity contribution in [1.82, 2.24) is 24.6 Å². The van der Waals surface area contributed by atoms with Crippen molar-refractivity contribution in [3.05, 3.63) is 71.4 Å². The summed E-state index contributed by atoms with van der Waals surface area (Å²) in [6.45, 7) is 5.81. The normalized spacial score (nSPS) is 10.9. The van der Waals surface area contributed by atoms with Crippen LogP contribution >= 0.6 is 0 Å². The predicted molar refractivity (Wildman–Crippen MR) is 103 cm³/mol. The van der Waals surface area contributed by atoms with Gasteiger partial charge in [-0.25, -0.2) is 9.97 Å². The fourth-order valence-electron chi connectivity index (χ4n) is 2.92. The lowest BCUT2D eigenvalue weighted by molar-refractivity contribution is 0.101. The van der Waals surface area contributed by atoms with Crippen LogP contribution in [-0.2, 0) is 0 Å². The summed E-state index contributed by atoms with van der Waals surface area (Å²) >= 11 is 0. The number of fused-ring (bicyclic) bond motifs is 1. The van der Waals surface area contributed by atoms with Crippen molar-refractivity contribution in [3.8, 4) is 11.1 Å². The first-order valence-corrected chi connectivity index (χ1v) is 8.56. The summed E-state index contributed by atoms with van der Waals surface area (Å²) in [6.07, 6.45) is 1.73. The number of hydrogen-bond acceptors (Lipinski definition) is 5. The molecular weight excluding hydrogens is 340 g/mol. The first-order valence-electron chi connectivity index (χ1n) is 8.56. The number of aryl methyl sites for hydroxylation is 2. The molecule has 1 N–H and O–H groups in total. The van der Waals surface area contributed by atoms with Crippen molar-refractivity contribution >= 4 is 17.5 Å². The van der Waals surface area contributed by atoms with Crippen LogP contribution in [-0.4, -0.2) is 30.5 Å². The predicted octanol–water partition coefficient (Wildman–Crippen LogP) is 3.36. The minimum absolute atomic E-state index is 0.166. The minimum Gasteiger partial charge on any atom is -0.304 e. The molecule has 0 spiro atoms. The Morgan fingerprint density at radius 3 is 2.56 bits per heavy atom. The largest absolute Gasteiger partial charge is 0.304 e. The molecule has 0 fully saturated rings. The zero-order valence-electron chi connectivity index (χ0n) is 15.3. The van der Waals surface area contributed by atoms with E-state index in [-0.39, 0.29) is 11.7 Å². The average Bonchev–Trinajstić information content (AvgIpc) is 3.08. The van der Waals surface area contributed by atoms with Crippen LogP contribution in [0.15, 0.2) is 48.7 Å². The second-order valence-corrected chi connectivity index (χ2v) is 6.35. The van der Waals surface area contributed by atoms with E-state index in [1.54, 1.807) is 16.7 Å². The number of rotatable bonds is 3. The summed E-state index contributed by atoms with van der Waals surface area (Å²) in [5, 5.41) is 10.8. The van der Waals surface area contributed by atoms with Gasteiger partial charge in [-0.2, -0.15) is 0 Å². The number of benzene rings is 1. The molecule has 4 rings (SSSR count). The third-order valence-electron chi connectivity index (χ3n) is 4.46. The number of nitrogens with one attached hydrogen (secondary N) is 1. The molecule has 0 saturated heterocycles. The molecule has 0 saturated carbocycles. The molecule has 7 nitrogen and oxygen atoms in total. The van der Waals surface area contributed by atoms with Gasteiger partial charge < -0.3 is 5.32 Å². The standard InChI is InChI=1S/C20H18N6O/c1-12-9-10-26-18(24-25-20(26)21-12)19(27)23-17-11-16(13(2)14(3)22-17)15-7-5-4-6-8-15/h4-11H,1-3H3,(H,22,23,27). The Morgan fingerprint density at radius 2 is 1.78 bits per heavy atom. The van der Waals surface area contributed by atoms with E-state index in [4.69, 9.17) is 0 Å². The number of carbonyl (C=O) groups is 1. The maximum Gasteiger partial charge on any atom is 0.295 e. The Balaban J connectivity index is 1.70. The van der Waals surface area contributed by atoms with Gasteiger partial charge in [-0.15, -0.1) is 10.2 Å². The van der Waals surface area contributed by atoms with Crippen molar-refractivity contribution in [2.45, 2.75) is 20.8 Å². The molecule has 0 aliphatic heterocycles. The Labute approximate surface area is 156 Å². The molecule has 3 heterocycles. The third-order valence-corrected chi connectivity index (χ3v) is 4.46. The molecule has 0 unspecified atom stereocenters. The number of aromatic nitrogens is 5. The van der Waals surface area contributed by atoms with Crippen LogP contribution in [0.4, 0.5) is 5.82 Å². The van der Waals surface area contributed by atoms with E-state index in [9.17, 15) is 4.79 Å². The lowest BCUT2D eigenvalue weighted by Gasteiger charge is -2.12. The number of hydrogen-bond donors (Lipinski definition) is 1. The van der Waals surface area contributed by atoms with Crippen molar-refractivity contribution in [2.75, 3.05) is 5.32 Å². The lowest BCUT2D eigenvalue weighted by atomic mass is 10.0. The summed E-state index contributed by atoms with van der Waals surface area (Å²) in [5.74, 6) is 0.638. The van der Waals surface area contributed by atoms with Crippen molar-refractivity contribution < 1.29 is 4.79 Å². The zero-order chi connectivity index (χ0) is 19.0. The quantitative estimate of drug-likeness (QED) is 0.607. The fraction of sp³-hybridized carbons (Fsp3) is 0.150. The van der Waals surface area contributed by atoms with Gasteiger partial charge in [-0.3, -0.25) is 9.20 Å². The molecule has 0 radical (unpaired) electrons. The van der Waals surface area contributed by atoms with E-state index in [1.807, 2.05) is 57.2 Å². The van der Waals surface area contributed by atoms with Crippen LogP contribution in [0.1, 0.15) is 27.6 Å². The maximum atomic E-state index is 12.7. The molecule has 134 valence electrons. The van der Waals surface area contributed by atoms with Gasteiger partial charge in [-0.05, 0) is 49.6 Å². The molecule has 1 aromatic carbocycles. The van der Waals surface area contributed by atoms with Crippen molar-refractivity contribution in [2.24, 2.45) is 0 Å². The van der Waals surface area contributed by atoms with Gasteiger partial charge in [0.2, 0.25) is 5.82 Å². The Hall–Kier alpha value is -3.61. The van der Waals surface area contributed by atoms with Crippen LogP contribution in [0.3, 0.4) is 0 Å². The van der Waals surface area contributed by atoms with Gasteiger partial charge in [0.15, 0.2) is 0 Å². The van der Waals surface area contributed by atoms with Crippen LogP contribution in [0.2, 0.25) is 0 Å². The molecular formula is C20H18N6O. The van der Waals surface area contributed by atoms with E-state index in [0.717, 1.165) is 28.1 Å². The monoisotopic (exact) mass is 358 g/mol. The SMILES string of the molecule is Cc1ccn2c(C(=O)Nc3cc(-c4ccccc4)c(C)c(C)n3)nnc2n1. The van der Waals surface area contributed by atoms with E-state index in [2.05, 4.69) is 25.5 Å². The summed E-state index contributed by atoms with van der Waals surface area (Å²) in [5.41, 5.74) is 4.84. The second-order valence-electron chi connectivity index (χ2n) is 6.35. The van der Waals surface area contributed by atoms with E-state index >= 15 is 0 Å². The molecule has 4 aromatic rings. The first-order chi connectivity index (χ1) is 13.0. The highest BCUT2D eigenvalue weighted by Gasteiger charge is 2.17. The molecule has 0 atom stereocenters. The summed E-state index contributed by atoms with van der Waals surface area (Å²) < 4.78 is 1.56. The minimum atomic E-state index is -0.386.